The molecule has 1 saturated heterocycles. The number of ether oxygens (including phenoxy) is 1. The molecular weight excluding hydrogens is 340 g/mol. The topological polar surface area (TPSA) is 130 Å². The average molecular weight is 360 g/mol. The Morgan fingerprint density at radius 3 is 2.77 bits per heavy atom. The summed E-state index contributed by atoms with van der Waals surface area (Å²) in [4.78, 5) is 52.9. The Morgan fingerprint density at radius 1 is 1.31 bits per heavy atom. The summed E-state index contributed by atoms with van der Waals surface area (Å²) < 4.78 is 5.24. The van der Waals surface area contributed by atoms with Crippen LogP contribution >= 0.6 is 0 Å². The molecule has 138 valence electrons. The van der Waals surface area contributed by atoms with Gasteiger partial charge in [0.1, 0.15) is 11.8 Å². The molecule has 3 heterocycles. The minimum absolute atomic E-state index is 0.0237. The van der Waals surface area contributed by atoms with Crippen LogP contribution in [-0.2, 0) is 19.1 Å². The van der Waals surface area contributed by atoms with Crippen molar-refractivity contribution in [3.63, 3.8) is 0 Å². The second-order valence-corrected chi connectivity index (χ2v) is 6.43. The van der Waals surface area contributed by atoms with E-state index < -0.39 is 23.9 Å². The predicted octanol–water partition coefficient (Wildman–Crippen LogP) is 0.480. The molecule has 26 heavy (non-hydrogen) atoms. The minimum Gasteiger partial charge on any atom is -0.452 e. The molecule has 0 bridgehead atoms. The van der Waals surface area contributed by atoms with Gasteiger partial charge in [-0.05, 0) is 20.8 Å². The van der Waals surface area contributed by atoms with E-state index in [4.69, 9.17) is 4.74 Å². The molecule has 2 aromatic heterocycles. The van der Waals surface area contributed by atoms with E-state index in [2.05, 4.69) is 25.3 Å². The summed E-state index contributed by atoms with van der Waals surface area (Å²) in [6.45, 7) is 5.55. The van der Waals surface area contributed by atoms with Crippen LogP contribution in [0.1, 0.15) is 27.2 Å². The summed E-state index contributed by atoms with van der Waals surface area (Å²) >= 11 is 0. The van der Waals surface area contributed by atoms with Crippen LogP contribution in [0.3, 0.4) is 0 Å². The average Bonchev–Trinajstić information content (AvgIpc) is 3.21. The zero-order valence-electron chi connectivity index (χ0n) is 14.7. The highest BCUT2D eigenvalue weighted by molar-refractivity contribution is 5.99. The number of imidazole rings is 1. The van der Waals surface area contributed by atoms with Crippen LogP contribution in [0.5, 0.6) is 0 Å². The molecule has 2 atom stereocenters. The second-order valence-electron chi connectivity index (χ2n) is 6.43. The van der Waals surface area contributed by atoms with Crippen LogP contribution in [0.4, 0.5) is 5.82 Å². The molecule has 2 unspecified atom stereocenters. The molecule has 2 amide bonds. The molecule has 0 aliphatic carbocycles. The van der Waals surface area contributed by atoms with E-state index in [0.717, 1.165) is 0 Å². The van der Waals surface area contributed by atoms with Crippen molar-refractivity contribution in [3.05, 3.63) is 12.7 Å². The van der Waals surface area contributed by atoms with Gasteiger partial charge in [-0.2, -0.15) is 0 Å². The Bertz CT molecular complexity index is 848. The highest BCUT2D eigenvalue weighted by Crippen LogP contribution is 2.22. The molecule has 0 spiro atoms. The van der Waals surface area contributed by atoms with E-state index in [1.54, 1.807) is 4.90 Å². The molecule has 2 N–H and O–H groups in total. The summed E-state index contributed by atoms with van der Waals surface area (Å²) in [7, 11) is 0. The van der Waals surface area contributed by atoms with Crippen molar-refractivity contribution in [2.75, 3.05) is 11.9 Å². The van der Waals surface area contributed by atoms with Crippen molar-refractivity contribution in [2.24, 2.45) is 5.92 Å². The molecule has 0 aromatic carbocycles. The lowest BCUT2D eigenvalue weighted by Crippen LogP contribution is -2.35. The number of likely N-dealkylation sites (tertiary alicyclic amines) is 1. The lowest BCUT2D eigenvalue weighted by molar-refractivity contribution is -0.157. The normalized spacial score (nSPS) is 18.4. The molecule has 10 heteroatoms. The smallest absolute Gasteiger partial charge is 0.312 e. The van der Waals surface area contributed by atoms with Crippen LogP contribution in [0.15, 0.2) is 12.7 Å². The number of rotatable bonds is 5. The number of carbonyl (C=O) groups is 3. The molecule has 0 radical (unpaired) electrons. The molecule has 3 rings (SSSR count). The van der Waals surface area contributed by atoms with Crippen LogP contribution in [0.2, 0.25) is 0 Å². The third-order valence-electron chi connectivity index (χ3n) is 4.24. The van der Waals surface area contributed by atoms with Gasteiger partial charge in [0, 0.05) is 19.0 Å². The molecule has 1 fully saturated rings. The number of nitrogens with zero attached hydrogens (tertiary/aromatic N) is 4. The Labute approximate surface area is 149 Å². The first-order valence-corrected chi connectivity index (χ1v) is 8.31. The van der Waals surface area contributed by atoms with E-state index in [1.807, 2.05) is 13.8 Å². The Hall–Kier alpha value is -3.04. The lowest BCUT2D eigenvalue weighted by Gasteiger charge is -2.21. The number of hydrogen-bond donors (Lipinski definition) is 2. The summed E-state index contributed by atoms with van der Waals surface area (Å²) in [5, 5.41) is 2.59. The van der Waals surface area contributed by atoms with E-state index >= 15 is 0 Å². The second kappa shape index (κ2) is 7.06. The van der Waals surface area contributed by atoms with Gasteiger partial charge in [0.2, 0.25) is 5.91 Å². The number of H-pyrrole nitrogens is 1. The first kappa shape index (κ1) is 17.8. The maximum Gasteiger partial charge on any atom is 0.312 e. The number of nitrogens with one attached hydrogen (secondary N) is 2. The lowest BCUT2D eigenvalue weighted by atomic mass is 10.1. The van der Waals surface area contributed by atoms with E-state index in [1.165, 1.54) is 19.6 Å². The summed E-state index contributed by atoms with van der Waals surface area (Å²) in [6.07, 6.45) is 1.79. The molecule has 0 saturated carbocycles. The zero-order chi connectivity index (χ0) is 18.8. The van der Waals surface area contributed by atoms with E-state index in [0.29, 0.717) is 17.7 Å². The Kier molecular flexibility index (Phi) is 4.83. The number of aromatic nitrogens is 4. The van der Waals surface area contributed by atoms with Crippen molar-refractivity contribution < 1.29 is 19.1 Å². The van der Waals surface area contributed by atoms with Crippen molar-refractivity contribution in [2.45, 2.75) is 39.3 Å². The summed E-state index contributed by atoms with van der Waals surface area (Å²) in [5.74, 6) is -1.47. The van der Waals surface area contributed by atoms with Gasteiger partial charge in [0.25, 0.3) is 5.91 Å². The monoisotopic (exact) mass is 360 g/mol. The maximum atomic E-state index is 12.3. The molecular formula is C16H20N6O4. The summed E-state index contributed by atoms with van der Waals surface area (Å²) in [6, 6.07) is 0.0237. The number of amides is 2. The van der Waals surface area contributed by atoms with Crippen LogP contribution < -0.4 is 5.32 Å². The summed E-state index contributed by atoms with van der Waals surface area (Å²) in [5.41, 5.74) is 0.895. The number of carbonyl (C=O) groups excluding carboxylic acids is 3. The van der Waals surface area contributed by atoms with Crippen molar-refractivity contribution in [3.8, 4) is 0 Å². The molecule has 10 nitrogen and oxygen atoms in total. The zero-order valence-corrected chi connectivity index (χ0v) is 14.7. The minimum atomic E-state index is -1.03. The first-order valence-electron chi connectivity index (χ1n) is 8.31. The quantitative estimate of drug-likeness (QED) is 0.742. The van der Waals surface area contributed by atoms with Gasteiger partial charge in [-0.3, -0.25) is 14.4 Å². The number of fused-ring (bicyclic) bond motifs is 1. The third kappa shape index (κ3) is 3.48. The third-order valence-corrected chi connectivity index (χ3v) is 4.24. The van der Waals surface area contributed by atoms with Gasteiger partial charge >= 0.3 is 5.97 Å². The fourth-order valence-corrected chi connectivity index (χ4v) is 2.79. The van der Waals surface area contributed by atoms with Gasteiger partial charge < -0.3 is 19.9 Å². The van der Waals surface area contributed by atoms with Gasteiger partial charge in [-0.15, -0.1) is 0 Å². The van der Waals surface area contributed by atoms with Crippen LogP contribution in [0, 0.1) is 5.92 Å². The number of hydrogen-bond acceptors (Lipinski definition) is 7. The van der Waals surface area contributed by atoms with Crippen molar-refractivity contribution >= 4 is 34.8 Å². The molecule has 2 aromatic rings. The first-order chi connectivity index (χ1) is 12.4. The fraction of sp³-hybridized carbons (Fsp3) is 0.500. The standard InChI is InChI=1S/C16H20N6O4/c1-8(2)22-5-10(4-11(22)23)16(25)26-9(3)15(24)21-14-12-13(18-6-17-12)19-7-20-14/h6-10H,4-5H2,1-3H3,(H2,17,18,19,20,21,24). The van der Waals surface area contributed by atoms with E-state index in [9.17, 15) is 14.4 Å². The maximum absolute atomic E-state index is 12.3. The number of aromatic amines is 1. The van der Waals surface area contributed by atoms with Crippen LogP contribution in [-0.4, -0.2) is 61.3 Å². The SMILES string of the molecule is CC(OC(=O)C1CC(=O)N(C(C)C)C1)C(=O)Nc1ncnc2nc[nH]c12. The molecule has 1 aliphatic rings. The largest absolute Gasteiger partial charge is 0.452 e. The van der Waals surface area contributed by atoms with Crippen LogP contribution in [0.25, 0.3) is 11.2 Å². The van der Waals surface area contributed by atoms with Gasteiger partial charge in [0.15, 0.2) is 17.6 Å². The van der Waals surface area contributed by atoms with Gasteiger partial charge in [-0.25, -0.2) is 15.0 Å². The van der Waals surface area contributed by atoms with Gasteiger partial charge in [-0.1, -0.05) is 0 Å². The predicted molar refractivity (Wildman–Crippen MR) is 90.8 cm³/mol. The highest BCUT2D eigenvalue weighted by atomic mass is 16.5. The number of anilines is 1. The Balaban J connectivity index is 1.60. The van der Waals surface area contributed by atoms with Crippen molar-refractivity contribution in [1.29, 1.82) is 0 Å². The number of esters is 1. The van der Waals surface area contributed by atoms with Gasteiger partial charge in [0.05, 0.1) is 12.2 Å². The van der Waals surface area contributed by atoms with Crippen molar-refractivity contribution in [1.82, 2.24) is 24.8 Å². The Morgan fingerprint density at radius 2 is 2.08 bits per heavy atom. The molecule has 1 aliphatic heterocycles. The van der Waals surface area contributed by atoms with E-state index in [-0.39, 0.29) is 24.2 Å². The highest BCUT2D eigenvalue weighted by Gasteiger charge is 2.37. The fourth-order valence-electron chi connectivity index (χ4n) is 2.79.